The Labute approximate surface area is 162 Å². The Bertz CT molecular complexity index is 1010. The SMILES string of the molecule is Cc1onc(-c2ccccc2Cl)c1C(=O)N1CCN=C1Cc1ccccc1. The first-order chi connectivity index (χ1) is 13.1. The summed E-state index contributed by atoms with van der Waals surface area (Å²) in [4.78, 5) is 19.6. The number of amidine groups is 1. The van der Waals surface area contributed by atoms with Crippen LogP contribution in [-0.2, 0) is 6.42 Å². The van der Waals surface area contributed by atoms with Crippen molar-refractivity contribution in [1.29, 1.82) is 0 Å². The van der Waals surface area contributed by atoms with Crippen molar-refractivity contribution in [3.05, 3.63) is 76.5 Å². The highest BCUT2D eigenvalue weighted by atomic mass is 35.5. The second-order valence-electron chi connectivity index (χ2n) is 6.36. The molecule has 136 valence electrons. The van der Waals surface area contributed by atoms with Crippen LogP contribution < -0.4 is 0 Å². The first-order valence-corrected chi connectivity index (χ1v) is 9.13. The summed E-state index contributed by atoms with van der Waals surface area (Å²) in [7, 11) is 0. The highest BCUT2D eigenvalue weighted by molar-refractivity contribution is 6.33. The molecule has 1 aromatic heterocycles. The predicted octanol–water partition coefficient (Wildman–Crippen LogP) is 4.40. The molecule has 0 spiro atoms. The summed E-state index contributed by atoms with van der Waals surface area (Å²) in [6.07, 6.45) is 0.609. The third kappa shape index (κ3) is 3.38. The van der Waals surface area contributed by atoms with Gasteiger partial charge in [-0.15, -0.1) is 0 Å². The van der Waals surface area contributed by atoms with E-state index >= 15 is 0 Å². The van der Waals surface area contributed by atoms with E-state index in [-0.39, 0.29) is 5.91 Å². The fourth-order valence-electron chi connectivity index (χ4n) is 3.24. The molecule has 0 saturated carbocycles. The number of aliphatic imine (C=N–C) groups is 1. The highest BCUT2D eigenvalue weighted by Crippen LogP contribution is 2.32. The molecule has 0 bridgehead atoms. The largest absolute Gasteiger partial charge is 0.360 e. The lowest BCUT2D eigenvalue weighted by Gasteiger charge is -2.18. The summed E-state index contributed by atoms with van der Waals surface area (Å²) >= 11 is 6.31. The number of carbonyl (C=O) groups is 1. The van der Waals surface area contributed by atoms with E-state index in [1.807, 2.05) is 48.5 Å². The van der Waals surface area contributed by atoms with Crippen LogP contribution in [0.3, 0.4) is 0 Å². The molecule has 1 aliphatic rings. The Kier molecular flexibility index (Phi) is 4.77. The van der Waals surface area contributed by atoms with Gasteiger partial charge in [0, 0.05) is 18.5 Å². The van der Waals surface area contributed by atoms with Crippen molar-refractivity contribution in [2.45, 2.75) is 13.3 Å². The third-order valence-electron chi connectivity index (χ3n) is 4.59. The lowest BCUT2D eigenvalue weighted by Crippen LogP contribution is -2.35. The summed E-state index contributed by atoms with van der Waals surface area (Å²) in [5.74, 6) is 1.08. The minimum Gasteiger partial charge on any atom is -0.360 e. The lowest BCUT2D eigenvalue weighted by molar-refractivity contribution is 0.0855. The van der Waals surface area contributed by atoms with Gasteiger partial charge < -0.3 is 4.52 Å². The quantitative estimate of drug-likeness (QED) is 0.675. The van der Waals surface area contributed by atoms with E-state index in [1.54, 1.807) is 17.9 Å². The van der Waals surface area contributed by atoms with Crippen LogP contribution in [0, 0.1) is 6.92 Å². The van der Waals surface area contributed by atoms with Gasteiger partial charge in [0.05, 0.1) is 11.6 Å². The first-order valence-electron chi connectivity index (χ1n) is 8.75. The minimum absolute atomic E-state index is 0.157. The van der Waals surface area contributed by atoms with Crippen LogP contribution >= 0.6 is 11.6 Å². The molecule has 2 aromatic carbocycles. The van der Waals surface area contributed by atoms with Crippen LogP contribution in [0.15, 0.2) is 64.1 Å². The van der Waals surface area contributed by atoms with E-state index in [0.29, 0.717) is 47.1 Å². The maximum atomic E-state index is 13.3. The molecule has 0 radical (unpaired) electrons. The maximum Gasteiger partial charge on any atom is 0.265 e. The van der Waals surface area contributed by atoms with Crippen LogP contribution in [0.5, 0.6) is 0 Å². The Morgan fingerprint density at radius 2 is 1.89 bits per heavy atom. The number of rotatable bonds is 4. The van der Waals surface area contributed by atoms with Gasteiger partial charge in [-0.3, -0.25) is 14.7 Å². The number of benzene rings is 2. The Hall–Kier alpha value is -2.92. The maximum absolute atomic E-state index is 13.3. The van der Waals surface area contributed by atoms with E-state index in [9.17, 15) is 4.79 Å². The number of hydrogen-bond donors (Lipinski definition) is 0. The van der Waals surface area contributed by atoms with Gasteiger partial charge in [0.1, 0.15) is 22.9 Å². The van der Waals surface area contributed by atoms with Gasteiger partial charge in [0.15, 0.2) is 0 Å². The molecule has 3 aromatic rings. The number of nitrogens with zero attached hydrogens (tertiary/aromatic N) is 3. The Morgan fingerprint density at radius 3 is 2.67 bits per heavy atom. The fraction of sp³-hybridized carbons (Fsp3) is 0.190. The van der Waals surface area contributed by atoms with Gasteiger partial charge in [-0.2, -0.15) is 0 Å². The second kappa shape index (κ2) is 7.37. The normalized spacial score (nSPS) is 13.7. The van der Waals surface area contributed by atoms with Crippen LogP contribution in [0.2, 0.25) is 5.02 Å². The molecule has 0 aliphatic carbocycles. The topological polar surface area (TPSA) is 58.7 Å². The summed E-state index contributed by atoms with van der Waals surface area (Å²) < 4.78 is 5.34. The van der Waals surface area contributed by atoms with Crippen LogP contribution in [0.1, 0.15) is 21.7 Å². The van der Waals surface area contributed by atoms with Crippen molar-refractivity contribution in [2.24, 2.45) is 4.99 Å². The number of aromatic nitrogens is 1. The molecule has 0 unspecified atom stereocenters. The van der Waals surface area contributed by atoms with Gasteiger partial charge >= 0.3 is 0 Å². The van der Waals surface area contributed by atoms with Crippen molar-refractivity contribution < 1.29 is 9.32 Å². The summed E-state index contributed by atoms with van der Waals surface area (Å²) in [6, 6.07) is 17.3. The Balaban J connectivity index is 1.66. The van der Waals surface area contributed by atoms with Crippen LogP contribution in [0.25, 0.3) is 11.3 Å². The zero-order valence-corrected chi connectivity index (χ0v) is 15.6. The van der Waals surface area contributed by atoms with Gasteiger partial charge in [-0.05, 0) is 18.6 Å². The molecule has 27 heavy (non-hydrogen) atoms. The first kappa shape index (κ1) is 17.5. The van der Waals surface area contributed by atoms with Crippen molar-refractivity contribution in [1.82, 2.24) is 10.1 Å². The van der Waals surface area contributed by atoms with Crippen molar-refractivity contribution in [3.63, 3.8) is 0 Å². The zero-order chi connectivity index (χ0) is 18.8. The molecule has 4 rings (SSSR count). The standard InChI is InChI=1S/C21H18ClN3O2/c1-14-19(20(24-27-14)16-9-5-6-10-17(16)22)21(26)25-12-11-23-18(25)13-15-7-3-2-4-8-15/h2-10H,11-13H2,1H3. The molecule has 0 fully saturated rings. The number of halogens is 1. The molecule has 0 saturated heterocycles. The monoisotopic (exact) mass is 379 g/mol. The zero-order valence-electron chi connectivity index (χ0n) is 14.9. The van der Waals surface area contributed by atoms with Crippen molar-refractivity contribution >= 4 is 23.3 Å². The average Bonchev–Trinajstić information content (AvgIpc) is 3.29. The fourth-order valence-corrected chi connectivity index (χ4v) is 3.46. The summed E-state index contributed by atoms with van der Waals surface area (Å²) in [5, 5.41) is 4.63. The number of amides is 1. The minimum atomic E-state index is -0.157. The van der Waals surface area contributed by atoms with Gasteiger partial charge in [-0.1, -0.05) is 65.3 Å². The molecular weight excluding hydrogens is 362 g/mol. The van der Waals surface area contributed by atoms with E-state index in [0.717, 1.165) is 11.4 Å². The van der Waals surface area contributed by atoms with E-state index in [2.05, 4.69) is 10.1 Å². The smallest absolute Gasteiger partial charge is 0.265 e. The Morgan fingerprint density at radius 1 is 1.15 bits per heavy atom. The lowest BCUT2D eigenvalue weighted by atomic mass is 10.0. The van der Waals surface area contributed by atoms with Gasteiger partial charge in [-0.25, -0.2) is 0 Å². The average molecular weight is 380 g/mol. The van der Waals surface area contributed by atoms with Crippen LogP contribution in [0.4, 0.5) is 0 Å². The molecule has 0 N–H and O–H groups in total. The predicted molar refractivity (Wildman–Crippen MR) is 105 cm³/mol. The van der Waals surface area contributed by atoms with E-state index < -0.39 is 0 Å². The molecular formula is C21H18ClN3O2. The number of hydrogen-bond acceptors (Lipinski definition) is 4. The van der Waals surface area contributed by atoms with Crippen molar-refractivity contribution in [3.8, 4) is 11.3 Å². The van der Waals surface area contributed by atoms with Gasteiger partial charge in [0.2, 0.25) is 0 Å². The molecule has 0 atom stereocenters. The highest BCUT2D eigenvalue weighted by Gasteiger charge is 2.31. The molecule has 5 nitrogen and oxygen atoms in total. The van der Waals surface area contributed by atoms with Crippen molar-refractivity contribution in [2.75, 3.05) is 13.1 Å². The molecule has 1 aliphatic heterocycles. The van der Waals surface area contributed by atoms with Gasteiger partial charge in [0.25, 0.3) is 5.91 Å². The van der Waals surface area contributed by atoms with E-state index in [4.69, 9.17) is 16.1 Å². The number of carbonyl (C=O) groups excluding carboxylic acids is 1. The number of aryl methyl sites for hydroxylation is 1. The molecule has 1 amide bonds. The van der Waals surface area contributed by atoms with Crippen LogP contribution in [-0.4, -0.2) is 34.9 Å². The summed E-state index contributed by atoms with van der Waals surface area (Å²) in [6.45, 7) is 2.89. The summed E-state index contributed by atoms with van der Waals surface area (Å²) in [5.41, 5.74) is 2.70. The molecule has 2 heterocycles. The third-order valence-corrected chi connectivity index (χ3v) is 4.91. The molecule has 6 heteroatoms. The van der Waals surface area contributed by atoms with E-state index in [1.165, 1.54) is 0 Å². The second-order valence-corrected chi connectivity index (χ2v) is 6.77.